The zero-order chi connectivity index (χ0) is 22.1. The number of hydrogen-bond donors (Lipinski definition) is 3. The number of likely N-dealkylation sites (tertiary alicyclic amines) is 1. The topological polar surface area (TPSA) is 78.4 Å². The Labute approximate surface area is 185 Å². The van der Waals surface area contributed by atoms with Crippen LogP contribution < -0.4 is 20.1 Å². The molecule has 7 nitrogen and oxygen atoms in total. The summed E-state index contributed by atoms with van der Waals surface area (Å²) in [6.07, 6.45) is 3.15. The van der Waals surface area contributed by atoms with Crippen LogP contribution in [-0.2, 0) is 6.42 Å². The fourth-order valence-electron chi connectivity index (χ4n) is 3.97. The molecule has 2 aromatic rings. The van der Waals surface area contributed by atoms with Crippen molar-refractivity contribution in [2.75, 3.05) is 47.4 Å². The Morgan fingerprint density at radius 3 is 2.48 bits per heavy atom. The van der Waals surface area contributed by atoms with Gasteiger partial charge in [-0.2, -0.15) is 0 Å². The molecule has 1 heterocycles. The molecular formula is C24H34N4O3. The van der Waals surface area contributed by atoms with E-state index in [1.54, 1.807) is 27.3 Å². The van der Waals surface area contributed by atoms with Crippen molar-refractivity contribution < 1.29 is 14.6 Å². The van der Waals surface area contributed by atoms with E-state index in [2.05, 4.69) is 32.7 Å². The standard InChI is InChI=1S/C24H34N4O3/c1-25-24(26-12-11-18-9-10-21(31-3)16-23(18)29)27-17-22(28-13-4-5-14-28)19-7-6-8-20(15-19)30-2/h6-10,15-16,22,29H,4-5,11-14,17H2,1-3H3,(H2,25,26,27). The molecule has 0 saturated carbocycles. The number of nitrogens with zero attached hydrogens (tertiary/aromatic N) is 2. The highest BCUT2D eigenvalue weighted by atomic mass is 16.5. The highest BCUT2D eigenvalue weighted by Crippen LogP contribution is 2.27. The zero-order valence-corrected chi connectivity index (χ0v) is 18.7. The van der Waals surface area contributed by atoms with E-state index < -0.39 is 0 Å². The van der Waals surface area contributed by atoms with Gasteiger partial charge in [-0.15, -0.1) is 0 Å². The summed E-state index contributed by atoms with van der Waals surface area (Å²) in [7, 11) is 5.07. The van der Waals surface area contributed by atoms with Gasteiger partial charge in [-0.25, -0.2) is 0 Å². The second kappa shape index (κ2) is 11.5. The smallest absolute Gasteiger partial charge is 0.191 e. The van der Waals surface area contributed by atoms with Gasteiger partial charge in [0.05, 0.1) is 20.3 Å². The molecule has 1 aliphatic heterocycles. The first-order valence-electron chi connectivity index (χ1n) is 10.8. The van der Waals surface area contributed by atoms with Crippen LogP contribution in [0, 0.1) is 0 Å². The lowest BCUT2D eigenvalue weighted by Gasteiger charge is -2.29. The Hall–Kier alpha value is -2.93. The normalized spacial score (nSPS) is 15.5. The second-order valence-corrected chi connectivity index (χ2v) is 7.66. The van der Waals surface area contributed by atoms with Crippen molar-refractivity contribution in [3.05, 3.63) is 53.6 Å². The monoisotopic (exact) mass is 426 g/mol. The van der Waals surface area contributed by atoms with Gasteiger partial charge in [0.25, 0.3) is 0 Å². The van der Waals surface area contributed by atoms with Crippen LogP contribution in [0.15, 0.2) is 47.5 Å². The summed E-state index contributed by atoms with van der Waals surface area (Å²) >= 11 is 0. The molecule has 0 spiro atoms. The number of phenols is 1. The van der Waals surface area contributed by atoms with Crippen molar-refractivity contribution in [2.45, 2.75) is 25.3 Å². The summed E-state index contributed by atoms with van der Waals surface area (Å²) in [5.41, 5.74) is 2.11. The van der Waals surface area contributed by atoms with E-state index in [1.807, 2.05) is 24.3 Å². The van der Waals surface area contributed by atoms with E-state index in [-0.39, 0.29) is 11.8 Å². The third-order valence-corrected chi connectivity index (χ3v) is 5.73. The number of nitrogens with one attached hydrogen (secondary N) is 2. The third-order valence-electron chi connectivity index (χ3n) is 5.73. The molecule has 0 bridgehead atoms. The summed E-state index contributed by atoms with van der Waals surface area (Å²) in [6.45, 7) is 3.62. The first-order valence-corrected chi connectivity index (χ1v) is 10.8. The summed E-state index contributed by atoms with van der Waals surface area (Å²) in [5.74, 6) is 2.52. The Bertz CT molecular complexity index is 866. The van der Waals surface area contributed by atoms with E-state index in [0.717, 1.165) is 36.9 Å². The Morgan fingerprint density at radius 2 is 1.81 bits per heavy atom. The highest BCUT2D eigenvalue weighted by molar-refractivity contribution is 5.79. The molecule has 3 rings (SSSR count). The molecule has 0 amide bonds. The molecule has 1 unspecified atom stereocenters. The van der Waals surface area contributed by atoms with Crippen LogP contribution in [0.25, 0.3) is 0 Å². The average Bonchev–Trinajstić information content (AvgIpc) is 3.33. The van der Waals surface area contributed by atoms with Crippen molar-refractivity contribution >= 4 is 5.96 Å². The molecule has 168 valence electrons. The Morgan fingerprint density at radius 1 is 1.06 bits per heavy atom. The van der Waals surface area contributed by atoms with Gasteiger partial charge in [-0.05, 0) is 61.7 Å². The molecule has 1 atom stereocenters. The largest absolute Gasteiger partial charge is 0.508 e. The Balaban J connectivity index is 1.57. The number of hydrogen-bond acceptors (Lipinski definition) is 5. The van der Waals surface area contributed by atoms with Crippen LogP contribution in [0.3, 0.4) is 0 Å². The minimum absolute atomic E-state index is 0.246. The van der Waals surface area contributed by atoms with E-state index >= 15 is 0 Å². The lowest BCUT2D eigenvalue weighted by Crippen LogP contribution is -2.43. The zero-order valence-electron chi connectivity index (χ0n) is 18.7. The molecule has 0 aliphatic carbocycles. The molecule has 7 heteroatoms. The van der Waals surface area contributed by atoms with Crippen LogP contribution >= 0.6 is 0 Å². The molecule has 2 aromatic carbocycles. The number of benzene rings is 2. The van der Waals surface area contributed by atoms with Crippen molar-refractivity contribution in [3.63, 3.8) is 0 Å². The van der Waals surface area contributed by atoms with E-state index in [9.17, 15) is 5.11 Å². The number of guanidine groups is 1. The third kappa shape index (κ3) is 6.28. The molecule has 1 aliphatic rings. The predicted octanol–water partition coefficient (Wildman–Crippen LogP) is 2.95. The number of methoxy groups -OCH3 is 2. The number of phenolic OH excluding ortho intramolecular Hbond substituents is 1. The maximum absolute atomic E-state index is 10.1. The van der Waals surface area contributed by atoms with Gasteiger partial charge in [0.1, 0.15) is 17.2 Å². The van der Waals surface area contributed by atoms with Crippen LogP contribution in [0.1, 0.15) is 30.0 Å². The van der Waals surface area contributed by atoms with E-state index in [0.29, 0.717) is 18.7 Å². The maximum Gasteiger partial charge on any atom is 0.191 e. The molecule has 31 heavy (non-hydrogen) atoms. The lowest BCUT2D eigenvalue weighted by atomic mass is 10.1. The molecular weight excluding hydrogens is 392 g/mol. The summed E-state index contributed by atoms with van der Waals surface area (Å²) in [4.78, 5) is 6.88. The molecule has 1 saturated heterocycles. The van der Waals surface area contributed by atoms with Gasteiger partial charge in [0, 0.05) is 26.2 Å². The minimum Gasteiger partial charge on any atom is -0.508 e. The lowest BCUT2D eigenvalue weighted by molar-refractivity contribution is 0.245. The molecule has 1 fully saturated rings. The number of aromatic hydroxyl groups is 1. The van der Waals surface area contributed by atoms with Gasteiger partial charge in [0.2, 0.25) is 0 Å². The minimum atomic E-state index is 0.246. The Kier molecular flexibility index (Phi) is 8.41. The first kappa shape index (κ1) is 22.7. The fraction of sp³-hybridized carbons (Fsp3) is 0.458. The van der Waals surface area contributed by atoms with Crippen LogP contribution in [0.2, 0.25) is 0 Å². The molecule has 0 aromatic heterocycles. The van der Waals surface area contributed by atoms with Crippen molar-refractivity contribution in [1.82, 2.24) is 15.5 Å². The quantitative estimate of drug-likeness (QED) is 0.423. The van der Waals surface area contributed by atoms with Crippen LogP contribution in [-0.4, -0.2) is 63.4 Å². The first-order chi connectivity index (χ1) is 15.1. The number of rotatable bonds is 9. The molecule has 0 radical (unpaired) electrons. The SMILES string of the molecule is CN=C(NCCc1ccc(OC)cc1O)NCC(c1cccc(OC)c1)N1CCCC1. The van der Waals surface area contributed by atoms with Gasteiger partial charge in [0.15, 0.2) is 5.96 Å². The van der Waals surface area contributed by atoms with Gasteiger partial charge < -0.3 is 25.2 Å². The van der Waals surface area contributed by atoms with Crippen molar-refractivity contribution in [1.29, 1.82) is 0 Å². The highest BCUT2D eigenvalue weighted by Gasteiger charge is 2.24. The van der Waals surface area contributed by atoms with Crippen molar-refractivity contribution in [3.8, 4) is 17.2 Å². The summed E-state index contributed by atoms with van der Waals surface area (Å²) in [5, 5.41) is 17.0. The fourth-order valence-corrected chi connectivity index (χ4v) is 3.97. The number of aliphatic imine (C=N–C) groups is 1. The van der Waals surface area contributed by atoms with Gasteiger partial charge in [-0.3, -0.25) is 9.89 Å². The van der Waals surface area contributed by atoms with Crippen LogP contribution in [0.5, 0.6) is 17.2 Å². The van der Waals surface area contributed by atoms with Gasteiger partial charge >= 0.3 is 0 Å². The summed E-state index contributed by atoms with van der Waals surface area (Å²) < 4.78 is 10.6. The van der Waals surface area contributed by atoms with Crippen molar-refractivity contribution in [2.24, 2.45) is 4.99 Å². The van der Waals surface area contributed by atoms with E-state index in [1.165, 1.54) is 18.4 Å². The van der Waals surface area contributed by atoms with Crippen LogP contribution in [0.4, 0.5) is 0 Å². The summed E-state index contributed by atoms with van der Waals surface area (Å²) in [6, 6.07) is 13.9. The predicted molar refractivity (Wildman–Crippen MR) is 124 cm³/mol. The average molecular weight is 427 g/mol. The maximum atomic E-state index is 10.1. The van der Waals surface area contributed by atoms with E-state index in [4.69, 9.17) is 9.47 Å². The van der Waals surface area contributed by atoms with Gasteiger partial charge in [-0.1, -0.05) is 18.2 Å². The second-order valence-electron chi connectivity index (χ2n) is 7.66. The number of ether oxygens (including phenoxy) is 2. The molecule has 3 N–H and O–H groups in total.